The summed E-state index contributed by atoms with van der Waals surface area (Å²) in [5.74, 6) is -13.2. The maximum atomic E-state index is 16.6. The van der Waals surface area contributed by atoms with Crippen molar-refractivity contribution in [2.75, 3.05) is 20.3 Å². The molecule has 0 radical (unpaired) electrons. The molecule has 0 spiro atoms. The van der Waals surface area contributed by atoms with Gasteiger partial charge in [-0.25, -0.2) is 9.59 Å². The Morgan fingerprint density at radius 2 is 1.20 bits per heavy atom. The first-order chi connectivity index (χ1) is 55.9. The van der Waals surface area contributed by atoms with E-state index in [1.165, 1.54) is 43.5 Å². The number of aliphatic hydroxyl groups is 11. The van der Waals surface area contributed by atoms with Crippen LogP contribution < -0.4 is 56.6 Å². The molecule has 22 N–H and O–H groups in total. The molecule has 626 valence electrons. The number of rotatable bonds is 14. The van der Waals surface area contributed by atoms with Crippen molar-refractivity contribution in [1.82, 2.24) is 31.9 Å². The van der Waals surface area contributed by atoms with Gasteiger partial charge in [-0.1, -0.05) is 66.2 Å². The van der Waals surface area contributed by atoms with Crippen LogP contribution in [0.2, 0.25) is 5.02 Å². The van der Waals surface area contributed by atoms with Gasteiger partial charge in [-0.05, 0) is 89.3 Å². The number of hydrogen-bond acceptors (Lipinski definition) is 33. The number of alkyl carbamates (subject to hydrolysis) is 1. The van der Waals surface area contributed by atoms with Gasteiger partial charge in [0, 0.05) is 48.8 Å². The van der Waals surface area contributed by atoms with Crippen molar-refractivity contribution in [1.29, 1.82) is 0 Å². The van der Waals surface area contributed by atoms with Crippen LogP contribution in [0.15, 0.2) is 115 Å². The summed E-state index contributed by atoms with van der Waals surface area (Å²) in [7, 11) is 1.37. The van der Waals surface area contributed by atoms with E-state index in [1.54, 1.807) is 37.3 Å². The van der Waals surface area contributed by atoms with E-state index in [9.17, 15) is 85.9 Å². The number of nitrogens with one attached hydrogen (secondary N) is 6. The Kier molecular flexibility index (Phi) is 24.4. The van der Waals surface area contributed by atoms with Crippen LogP contribution in [0.4, 0.5) is 4.79 Å². The van der Waals surface area contributed by atoms with Gasteiger partial charge in [-0.3, -0.25) is 24.0 Å². The van der Waals surface area contributed by atoms with E-state index >= 15 is 19.2 Å². The van der Waals surface area contributed by atoms with E-state index in [0.717, 1.165) is 48.5 Å². The molecule has 10 aliphatic heterocycles. The Hall–Kier alpha value is -10.3. The van der Waals surface area contributed by atoms with Crippen LogP contribution in [0, 0.1) is 0 Å². The Bertz CT molecular complexity index is 4720. The average Bonchev–Trinajstić information content (AvgIpc) is 1.49. The third-order valence-electron chi connectivity index (χ3n) is 21.2. The minimum Gasteiger partial charge on any atom is -0.508 e. The number of phenols is 2. The number of aliphatic carboxylic acids is 1. The first-order valence-corrected chi connectivity index (χ1v) is 37.0. The zero-order chi connectivity index (χ0) is 83.4. The maximum Gasteiger partial charge on any atom is 0.408 e. The summed E-state index contributed by atoms with van der Waals surface area (Å²) < 4.78 is 73.8. The monoisotopic (exact) mass is 1660 g/mol. The van der Waals surface area contributed by atoms with E-state index in [0.29, 0.717) is 5.56 Å². The number of carboxylic acid groups (broad SMARTS) is 1. The number of carbonyl (C=O) groups excluding carboxylic acids is 6. The van der Waals surface area contributed by atoms with E-state index in [4.69, 9.17) is 74.2 Å². The minimum atomic E-state index is -2.42. The highest BCUT2D eigenvalue weighted by atomic mass is 35.5. The SMILES string of the molecule is COC1C(N)CC(OC2c3ccc(c(Cl)c3)Oc3cc4cc(c3OC3OC(CO)C(O)C(O)C3OC3OC(O)C(O)C(O)C3O)Oc3ccc(cc3)C3OC(=O)NC3C(=O)NC(Cc3ccccc3)C(=O)NC4C(=O)NC3C(=O)NC2C(=O)NC(C(=O)O)c2cc(O)cc(OC4OC(CO)C(O)C(O)C4O)c2-c2cc3ccc2O)OC1C. The van der Waals surface area contributed by atoms with Crippen molar-refractivity contribution in [3.8, 4) is 57.1 Å². The molecule has 6 aromatic carbocycles. The number of aliphatic hydroxyl groups excluding tert-OH is 11. The van der Waals surface area contributed by atoms with Crippen LogP contribution in [0.3, 0.4) is 0 Å². The molecule has 117 heavy (non-hydrogen) atoms. The van der Waals surface area contributed by atoms with Crippen molar-refractivity contribution in [3.63, 3.8) is 0 Å². The predicted octanol–water partition coefficient (Wildman–Crippen LogP) is -2.66. The van der Waals surface area contributed by atoms with E-state index in [-0.39, 0.29) is 29.7 Å². The van der Waals surface area contributed by atoms with Gasteiger partial charge in [0.1, 0.15) is 120 Å². The molecule has 5 saturated heterocycles. The molecule has 16 rings (SSSR count). The molecule has 6 aromatic rings. The van der Waals surface area contributed by atoms with Crippen molar-refractivity contribution in [2.45, 2.75) is 185 Å². The van der Waals surface area contributed by atoms with Crippen LogP contribution in [-0.2, 0) is 73.1 Å². The molecular formula is C76H82ClN7O33. The van der Waals surface area contributed by atoms with E-state index in [2.05, 4.69) is 31.9 Å². The van der Waals surface area contributed by atoms with Crippen molar-refractivity contribution < 1.29 is 162 Å². The molecular weight excluding hydrogens is 1570 g/mol. The van der Waals surface area contributed by atoms with Gasteiger partial charge in [0.05, 0.1) is 30.4 Å². The fourth-order valence-electron chi connectivity index (χ4n) is 15.1. The molecule has 0 aromatic heterocycles. The average molecular weight is 1660 g/mol. The Morgan fingerprint density at radius 1 is 0.564 bits per heavy atom. The van der Waals surface area contributed by atoms with Crippen LogP contribution in [-0.4, -0.2) is 268 Å². The highest BCUT2D eigenvalue weighted by Gasteiger charge is 2.54. The van der Waals surface area contributed by atoms with Gasteiger partial charge in [0.2, 0.25) is 47.9 Å². The third kappa shape index (κ3) is 16.9. The largest absolute Gasteiger partial charge is 0.508 e. The molecule has 27 unspecified atom stereocenters. The second kappa shape index (κ2) is 34.4. The number of carboxylic acids is 1. The van der Waals surface area contributed by atoms with Gasteiger partial charge in [-0.2, -0.15) is 0 Å². The van der Waals surface area contributed by atoms with E-state index < -0.39 is 293 Å². The Labute approximate surface area is 666 Å². The maximum absolute atomic E-state index is 16.6. The summed E-state index contributed by atoms with van der Waals surface area (Å²) in [4.78, 5) is 107. The lowest BCUT2D eigenvalue weighted by Gasteiger charge is -2.45. The quantitative estimate of drug-likeness (QED) is 0.0529. The molecule has 0 aliphatic carbocycles. The summed E-state index contributed by atoms with van der Waals surface area (Å²) in [5.41, 5.74) is 4.47. The number of hydrogen-bond donors (Lipinski definition) is 21. The molecule has 5 fully saturated rings. The first-order valence-electron chi connectivity index (χ1n) is 36.7. The van der Waals surface area contributed by atoms with Crippen LogP contribution >= 0.6 is 11.6 Å². The number of fused-ring (bicyclic) bond motifs is 13. The fraction of sp³-hybridized carbons (Fsp3) is 0.434. The second-order valence-electron chi connectivity index (χ2n) is 28.9. The van der Waals surface area contributed by atoms with Crippen LogP contribution in [0.5, 0.6) is 46.0 Å². The van der Waals surface area contributed by atoms with Gasteiger partial charge in [-0.15, -0.1) is 0 Å². The normalized spacial score (nSPS) is 34.4. The molecule has 41 heteroatoms. The lowest BCUT2D eigenvalue weighted by molar-refractivity contribution is -0.378. The molecule has 10 heterocycles. The number of methoxy groups -OCH3 is 1. The highest BCUT2D eigenvalue weighted by molar-refractivity contribution is 6.32. The number of halogens is 1. The Morgan fingerprint density at radius 3 is 1.88 bits per heavy atom. The summed E-state index contributed by atoms with van der Waals surface area (Å²) in [6, 6.07) is 10.4. The number of amides is 6. The second-order valence-corrected chi connectivity index (χ2v) is 29.3. The molecule has 11 bridgehead atoms. The third-order valence-corrected chi connectivity index (χ3v) is 21.5. The minimum absolute atomic E-state index is 0.170. The topological polar surface area (TPSA) is 612 Å². The fourth-order valence-corrected chi connectivity index (χ4v) is 15.3. The number of benzene rings is 6. The number of carbonyl (C=O) groups is 7. The standard InChI is InChI=1S/C76H82ClN7O33/c1-26-61(106-2)37(78)23-46(107-26)113-63-30-11-15-40(36(77)18-30)109-43-20-31-19-42(64(43)114-75-65(57(93)54(90)45(25-86)112-75)115-74-60(96)56(92)58(94)72(104)117-74)108-33-12-8-28(9-13-33)62-52(84-76(105)116-62)69(100)79-38(16-27-6-4-3-5-7-27)66(97)80-49(31)68(99)81-48-29-10-14-39(88)34(17-29)47-35(50(71(102)103)82-70(101)51(63)83-67(48)98)21-32(87)22-41(47)110-73-59(95)55(91)53(89)44(24-85)111-73/h3-15,17-22,26,37-38,44-46,48-63,65,72-75,85-96,104H,16,23-25,78H2,1-2H3,(H,79,100)(H,80,97)(H,81,99)(H,82,101)(H,83,98)(H,84,105)(H,102,103). The van der Waals surface area contributed by atoms with Gasteiger partial charge >= 0.3 is 12.1 Å². The zero-order valence-electron chi connectivity index (χ0n) is 61.4. The summed E-state index contributed by atoms with van der Waals surface area (Å²) in [6.45, 7) is -0.457. The molecule has 40 nitrogen and oxygen atoms in total. The zero-order valence-corrected chi connectivity index (χ0v) is 62.1. The van der Waals surface area contributed by atoms with Gasteiger partial charge in [0.15, 0.2) is 54.7 Å². The van der Waals surface area contributed by atoms with Crippen molar-refractivity contribution >= 4 is 53.2 Å². The molecule has 6 amide bonds. The smallest absolute Gasteiger partial charge is 0.408 e. The molecule has 27 atom stereocenters. The van der Waals surface area contributed by atoms with Gasteiger partial charge < -0.3 is 166 Å². The molecule has 10 aliphatic rings. The number of ether oxygens (including phenoxy) is 12. The van der Waals surface area contributed by atoms with E-state index in [1.807, 2.05) is 0 Å². The summed E-state index contributed by atoms with van der Waals surface area (Å²) in [5, 5.41) is 171. The summed E-state index contributed by atoms with van der Waals surface area (Å²) in [6.07, 6.45) is -39.7. The lowest BCUT2D eigenvalue weighted by Crippen LogP contribution is -2.64. The van der Waals surface area contributed by atoms with Crippen molar-refractivity contribution in [3.05, 3.63) is 154 Å². The lowest BCUT2D eigenvalue weighted by atomic mass is 9.89. The Balaban J connectivity index is 1.01. The van der Waals surface area contributed by atoms with Crippen LogP contribution in [0.25, 0.3) is 11.1 Å². The number of nitrogens with two attached hydrogens (primary N) is 1. The number of aromatic hydroxyl groups is 2. The predicted molar refractivity (Wildman–Crippen MR) is 388 cm³/mol. The molecule has 0 saturated carbocycles. The number of phenolic OH excluding ortho intramolecular Hbond substituents is 2. The summed E-state index contributed by atoms with van der Waals surface area (Å²) >= 11 is 7.39. The van der Waals surface area contributed by atoms with Gasteiger partial charge in [0.25, 0.3) is 0 Å². The first kappa shape index (κ1) is 83.2. The highest BCUT2D eigenvalue weighted by Crippen LogP contribution is 2.50. The van der Waals surface area contributed by atoms with Crippen molar-refractivity contribution in [2.24, 2.45) is 5.73 Å². The van der Waals surface area contributed by atoms with Crippen LogP contribution in [0.1, 0.15) is 77.1 Å².